The van der Waals surface area contributed by atoms with Gasteiger partial charge in [-0.1, -0.05) is 0 Å². The number of hydrogen-bond donors (Lipinski definition) is 2. The Morgan fingerprint density at radius 3 is 2.93 bits per heavy atom. The van der Waals surface area contributed by atoms with E-state index in [0.29, 0.717) is 10.1 Å². The Kier molecular flexibility index (Phi) is 1.88. The smallest absolute Gasteiger partial charge is 0.254 e. The van der Waals surface area contributed by atoms with Gasteiger partial charge in [-0.3, -0.25) is 4.79 Å². The van der Waals surface area contributed by atoms with Gasteiger partial charge in [0.15, 0.2) is 5.65 Å². The molecule has 0 spiro atoms. The van der Waals surface area contributed by atoms with Gasteiger partial charge in [-0.2, -0.15) is 5.10 Å². The number of pyridine rings is 1. The number of nitrogen functional groups attached to an aromatic ring is 1. The summed E-state index contributed by atoms with van der Waals surface area (Å²) in [5.74, 6) is -0.623. The zero-order chi connectivity index (χ0) is 10.3. The molecule has 2 rings (SSSR count). The van der Waals surface area contributed by atoms with Crippen LogP contribution in [0.25, 0.3) is 5.65 Å². The second-order valence-electron chi connectivity index (χ2n) is 2.66. The normalized spacial score (nSPS) is 10.6. The van der Waals surface area contributed by atoms with Crippen LogP contribution in [0.3, 0.4) is 0 Å². The molecule has 0 aliphatic rings. The van der Waals surface area contributed by atoms with Gasteiger partial charge in [0.2, 0.25) is 0 Å². The monoisotopic (exact) mass is 255 g/mol. The molecule has 6 nitrogen and oxygen atoms in total. The molecule has 0 aliphatic heterocycles. The van der Waals surface area contributed by atoms with Crippen LogP contribution in [0.5, 0.6) is 0 Å². The van der Waals surface area contributed by atoms with E-state index in [2.05, 4.69) is 26.0 Å². The van der Waals surface area contributed by atoms with E-state index in [1.54, 1.807) is 6.20 Å². The van der Waals surface area contributed by atoms with Gasteiger partial charge in [0.1, 0.15) is 11.9 Å². The number of fused-ring (bicyclic) bond motifs is 1. The number of nitrogens with zero attached hydrogens (tertiary/aromatic N) is 3. The highest BCUT2D eigenvalue weighted by Crippen LogP contribution is 2.25. The van der Waals surface area contributed by atoms with Crippen molar-refractivity contribution in [2.75, 3.05) is 5.73 Å². The number of primary amides is 1. The maximum atomic E-state index is 11.1. The Balaban J connectivity index is 2.93. The standard InChI is InChI=1S/C7H6BrN5O/c8-3-1-13-7(11-2-12-13)4(5(3)9)6(10)14/h1-2H,9H2,(H2,10,14). The van der Waals surface area contributed by atoms with Crippen molar-refractivity contribution in [3.05, 3.63) is 22.6 Å². The highest BCUT2D eigenvalue weighted by atomic mass is 79.9. The third-order valence-corrected chi connectivity index (χ3v) is 2.44. The van der Waals surface area contributed by atoms with Crippen molar-refractivity contribution in [2.45, 2.75) is 0 Å². The number of carbonyl (C=O) groups is 1. The summed E-state index contributed by atoms with van der Waals surface area (Å²) in [6, 6.07) is 0. The average molecular weight is 256 g/mol. The third kappa shape index (κ3) is 1.13. The molecule has 0 atom stereocenters. The molecule has 14 heavy (non-hydrogen) atoms. The second kappa shape index (κ2) is 2.95. The van der Waals surface area contributed by atoms with Crippen LogP contribution in [0, 0.1) is 0 Å². The molecule has 7 heteroatoms. The summed E-state index contributed by atoms with van der Waals surface area (Å²) in [5, 5.41) is 3.88. The second-order valence-corrected chi connectivity index (χ2v) is 3.51. The van der Waals surface area contributed by atoms with Gasteiger partial charge in [0.05, 0.1) is 10.2 Å². The molecule has 0 aliphatic carbocycles. The van der Waals surface area contributed by atoms with E-state index in [1.165, 1.54) is 10.8 Å². The number of nitrogens with two attached hydrogens (primary N) is 2. The highest BCUT2D eigenvalue weighted by molar-refractivity contribution is 9.10. The highest BCUT2D eigenvalue weighted by Gasteiger charge is 2.15. The van der Waals surface area contributed by atoms with Crippen LogP contribution in [-0.4, -0.2) is 20.5 Å². The minimum Gasteiger partial charge on any atom is -0.397 e. The minimum atomic E-state index is -0.623. The molecule has 0 fully saturated rings. The molecule has 0 aromatic carbocycles. The summed E-state index contributed by atoms with van der Waals surface area (Å²) in [6.07, 6.45) is 2.94. The molecule has 2 heterocycles. The number of rotatable bonds is 1. The number of amides is 1. The molecule has 72 valence electrons. The molecule has 0 bridgehead atoms. The van der Waals surface area contributed by atoms with Crippen LogP contribution in [0.15, 0.2) is 17.0 Å². The zero-order valence-electron chi connectivity index (χ0n) is 6.94. The van der Waals surface area contributed by atoms with Crippen LogP contribution < -0.4 is 11.5 Å². The Bertz CT molecular complexity index is 520. The first-order chi connectivity index (χ1) is 6.61. The van der Waals surface area contributed by atoms with Crippen LogP contribution in [-0.2, 0) is 0 Å². The number of anilines is 1. The maximum Gasteiger partial charge on any atom is 0.254 e. The fourth-order valence-electron chi connectivity index (χ4n) is 1.18. The van der Waals surface area contributed by atoms with E-state index in [1.807, 2.05) is 0 Å². The predicted molar refractivity (Wildman–Crippen MR) is 53.6 cm³/mol. The van der Waals surface area contributed by atoms with Crippen LogP contribution >= 0.6 is 15.9 Å². The lowest BCUT2D eigenvalue weighted by atomic mass is 10.2. The van der Waals surface area contributed by atoms with E-state index in [9.17, 15) is 4.79 Å². The topological polar surface area (TPSA) is 99.3 Å². The third-order valence-electron chi connectivity index (χ3n) is 1.81. The van der Waals surface area contributed by atoms with Crippen molar-refractivity contribution in [3.8, 4) is 0 Å². The number of aromatic nitrogens is 3. The lowest BCUT2D eigenvalue weighted by Gasteiger charge is -2.04. The van der Waals surface area contributed by atoms with Gasteiger partial charge < -0.3 is 11.5 Å². The molecular formula is C7H6BrN5O. The van der Waals surface area contributed by atoms with Gasteiger partial charge in [-0.05, 0) is 15.9 Å². The molecule has 2 aromatic heterocycles. The first-order valence-electron chi connectivity index (χ1n) is 3.68. The average Bonchev–Trinajstić information content (AvgIpc) is 2.52. The summed E-state index contributed by atoms with van der Waals surface area (Å²) in [4.78, 5) is 15.0. The van der Waals surface area contributed by atoms with Crippen molar-refractivity contribution >= 4 is 33.2 Å². The van der Waals surface area contributed by atoms with Crippen molar-refractivity contribution in [1.82, 2.24) is 14.6 Å². The fraction of sp³-hybridized carbons (Fsp3) is 0. The van der Waals surface area contributed by atoms with E-state index in [0.717, 1.165) is 0 Å². The minimum absolute atomic E-state index is 0.178. The van der Waals surface area contributed by atoms with Gasteiger partial charge in [-0.25, -0.2) is 9.50 Å². The summed E-state index contributed by atoms with van der Waals surface area (Å²) >= 11 is 3.20. The van der Waals surface area contributed by atoms with Gasteiger partial charge >= 0.3 is 0 Å². The van der Waals surface area contributed by atoms with Crippen molar-refractivity contribution in [1.29, 1.82) is 0 Å². The van der Waals surface area contributed by atoms with E-state index in [4.69, 9.17) is 11.5 Å². The molecule has 0 saturated carbocycles. The van der Waals surface area contributed by atoms with Crippen molar-refractivity contribution in [2.24, 2.45) is 5.73 Å². The number of halogens is 1. The Morgan fingerprint density at radius 2 is 2.29 bits per heavy atom. The van der Waals surface area contributed by atoms with Crippen LogP contribution in [0.2, 0.25) is 0 Å². The molecule has 0 saturated heterocycles. The molecule has 4 N–H and O–H groups in total. The lowest BCUT2D eigenvalue weighted by molar-refractivity contribution is 0.100. The Morgan fingerprint density at radius 1 is 1.57 bits per heavy atom. The van der Waals surface area contributed by atoms with E-state index < -0.39 is 5.91 Å². The Hall–Kier alpha value is -1.63. The van der Waals surface area contributed by atoms with Crippen molar-refractivity contribution in [3.63, 3.8) is 0 Å². The molecule has 0 radical (unpaired) electrons. The predicted octanol–water partition coefficient (Wildman–Crippen LogP) is 0.173. The molecule has 1 amide bonds. The van der Waals surface area contributed by atoms with Crippen LogP contribution in [0.1, 0.15) is 10.4 Å². The molecule has 2 aromatic rings. The lowest BCUT2D eigenvalue weighted by Crippen LogP contribution is -2.16. The zero-order valence-corrected chi connectivity index (χ0v) is 8.52. The maximum absolute atomic E-state index is 11.1. The summed E-state index contributed by atoms with van der Waals surface area (Å²) < 4.78 is 1.99. The van der Waals surface area contributed by atoms with Crippen LogP contribution in [0.4, 0.5) is 5.69 Å². The van der Waals surface area contributed by atoms with E-state index >= 15 is 0 Å². The van der Waals surface area contributed by atoms with Gasteiger partial charge in [0.25, 0.3) is 5.91 Å². The van der Waals surface area contributed by atoms with Gasteiger partial charge in [0, 0.05) is 6.20 Å². The largest absolute Gasteiger partial charge is 0.397 e. The summed E-state index contributed by atoms with van der Waals surface area (Å²) in [5.41, 5.74) is 11.7. The Labute approximate surface area is 87.0 Å². The first-order valence-corrected chi connectivity index (χ1v) is 4.47. The molecular weight excluding hydrogens is 250 g/mol. The first kappa shape index (κ1) is 8.95. The quantitative estimate of drug-likeness (QED) is 0.759. The fourth-order valence-corrected chi connectivity index (χ4v) is 1.58. The summed E-state index contributed by atoms with van der Waals surface area (Å²) in [7, 11) is 0. The van der Waals surface area contributed by atoms with Gasteiger partial charge in [-0.15, -0.1) is 0 Å². The number of hydrogen-bond acceptors (Lipinski definition) is 4. The summed E-state index contributed by atoms with van der Waals surface area (Å²) in [6.45, 7) is 0. The van der Waals surface area contributed by atoms with Crippen molar-refractivity contribution < 1.29 is 4.79 Å². The van der Waals surface area contributed by atoms with E-state index in [-0.39, 0.29) is 11.3 Å². The SMILES string of the molecule is NC(=O)c1c(N)c(Br)cn2ncnc12. The number of carbonyl (C=O) groups excluding carboxylic acids is 1. The molecule has 0 unspecified atom stereocenters.